The molecule has 1 heterocycles. The molecule has 1 aromatic heterocycles. The lowest BCUT2D eigenvalue weighted by atomic mass is 9.75. The Morgan fingerprint density at radius 2 is 2.11 bits per heavy atom. The van der Waals surface area contributed by atoms with E-state index in [1.54, 1.807) is 13.8 Å². The van der Waals surface area contributed by atoms with Crippen molar-refractivity contribution in [2.75, 3.05) is 0 Å². The average Bonchev–Trinajstić information content (AvgIpc) is 2.86. The van der Waals surface area contributed by atoms with Crippen molar-refractivity contribution in [3.63, 3.8) is 0 Å². The molecule has 0 saturated heterocycles. The van der Waals surface area contributed by atoms with Gasteiger partial charge in [-0.05, 0) is 19.8 Å². The molecule has 0 bridgehead atoms. The normalized spacial score (nSPS) is 19.4. The molecule has 0 amide bonds. The fourth-order valence-corrected chi connectivity index (χ4v) is 2.32. The number of aromatic nitrogens is 2. The lowest BCUT2D eigenvalue weighted by molar-refractivity contribution is -0.160. The first-order chi connectivity index (χ1) is 9.07. The Kier molecular flexibility index (Phi) is 3.84. The van der Waals surface area contributed by atoms with Gasteiger partial charge in [0.2, 0.25) is 5.89 Å². The van der Waals surface area contributed by atoms with E-state index in [1.807, 2.05) is 0 Å². The van der Waals surface area contributed by atoms with E-state index in [1.165, 1.54) is 0 Å². The lowest BCUT2D eigenvalue weighted by Crippen LogP contribution is -2.34. The molecule has 102 valence electrons. The van der Waals surface area contributed by atoms with E-state index in [-0.39, 0.29) is 5.89 Å². The van der Waals surface area contributed by atoms with Crippen molar-refractivity contribution in [1.29, 1.82) is 5.26 Å². The summed E-state index contributed by atoms with van der Waals surface area (Å²) in [6.07, 6.45) is 3.35. The van der Waals surface area contributed by atoms with Gasteiger partial charge in [0.15, 0.2) is 11.5 Å². The van der Waals surface area contributed by atoms with Gasteiger partial charge in [0.25, 0.3) is 5.89 Å². The fourth-order valence-electron chi connectivity index (χ4n) is 2.32. The number of hydrogen-bond acceptors (Lipinski definition) is 6. The van der Waals surface area contributed by atoms with Gasteiger partial charge in [0, 0.05) is 6.92 Å². The van der Waals surface area contributed by atoms with Crippen LogP contribution in [0.3, 0.4) is 0 Å². The van der Waals surface area contributed by atoms with E-state index >= 15 is 0 Å². The molecule has 1 aliphatic carbocycles. The van der Waals surface area contributed by atoms with Crippen molar-refractivity contribution in [3.05, 3.63) is 11.8 Å². The zero-order chi connectivity index (χ0) is 13.9. The second-order valence-corrected chi connectivity index (χ2v) is 4.96. The van der Waals surface area contributed by atoms with E-state index < -0.39 is 17.5 Å². The first-order valence-electron chi connectivity index (χ1n) is 6.50. The van der Waals surface area contributed by atoms with Crippen LogP contribution in [0.2, 0.25) is 0 Å². The number of carbonyl (C=O) groups excluding carboxylic acids is 1. The second-order valence-electron chi connectivity index (χ2n) is 4.96. The Morgan fingerprint density at radius 3 is 2.63 bits per heavy atom. The Morgan fingerprint density at radius 1 is 1.42 bits per heavy atom. The number of carbonyl (C=O) groups is 1. The van der Waals surface area contributed by atoms with Crippen molar-refractivity contribution in [1.82, 2.24) is 10.2 Å². The van der Waals surface area contributed by atoms with Crippen LogP contribution in [0.4, 0.5) is 0 Å². The van der Waals surface area contributed by atoms with Crippen LogP contribution in [-0.2, 0) is 9.53 Å². The first-order valence-corrected chi connectivity index (χ1v) is 6.50. The Hall–Kier alpha value is -1.90. The maximum absolute atomic E-state index is 12.2. The van der Waals surface area contributed by atoms with E-state index in [4.69, 9.17) is 9.15 Å². The number of nitrogens with zero attached hydrogens (tertiary/aromatic N) is 3. The average molecular weight is 263 g/mol. The van der Waals surface area contributed by atoms with E-state index in [9.17, 15) is 10.1 Å². The Labute approximate surface area is 111 Å². The van der Waals surface area contributed by atoms with Gasteiger partial charge in [-0.25, -0.2) is 0 Å². The summed E-state index contributed by atoms with van der Waals surface area (Å²) >= 11 is 0. The smallest absolute Gasteiger partial charge is 0.327 e. The van der Waals surface area contributed by atoms with Crippen molar-refractivity contribution < 1.29 is 13.9 Å². The second kappa shape index (κ2) is 5.39. The summed E-state index contributed by atoms with van der Waals surface area (Å²) in [5, 5.41) is 16.8. The quantitative estimate of drug-likeness (QED) is 0.778. The number of ether oxygens (including phenoxy) is 1. The van der Waals surface area contributed by atoms with E-state index in [0.717, 1.165) is 19.3 Å². The van der Waals surface area contributed by atoms with Gasteiger partial charge in [0.1, 0.15) is 0 Å². The highest BCUT2D eigenvalue weighted by Crippen LogP contribution is 2.38. The summed E-state index contributed by atoms with van der Waals surface area (Å²) in [5.41, 5.74) is -0.998. The summed E-state index contributed by atoms with van der Waals surface area (Å²) < 4.78 is 10.5. The summed E-state index contributed by atoms with van der Waals surface area (Å²) in [4.78, 5) is 12.2. The number of aryl methyl sites for hydroxylation is 1. The molecule has 1 aromatic rings. The van der Waals surface area contributed by atoms with Crippen LogP contribution in [0.25, 0.3) is 0 Å². The minimum absolute atomic E-state index is 0.259. The van der Waals surface area contributed by atoms with Gasteiger partial charge in [-0.2, -0.15) is 5.26 Å². The van der Waals surface area contributed by atoms with Crippen LogP contribution in [0.15, 0.2) is 4.42 Å². The van der Waals surface area contributed by atoms with Gasteiger partial charge in [-0.1, -0.05) is 19.3 Å². The third-order valence-corrected chi connectivity index (χ3v) is 3.49. The summed E-state index contributed by atoms with van der Waals surface area (Å²) in [7, 11) is 0. The van der Waals surface area contributed by atoms with Gasteiger partial charge in [-0.15, -0.1) is 10.2 Å². The molecule has 0 unspecified atom stereocenters. The molecule has 1 aliphatic rings. The Bertz CT molecular complexity index is 497. The van der Waals surface area contributed by atoms with Crippen LogP contribution >= 0.6 is 0 Å². The van der Waals surface area contributed by atoms with Gasteiger partial charge < -0.3 is 9.15 Å². The van der Waals surface area contributed by atoms with Gasteiger partial charge in [-0.3, -0.25) is 4.79 Å². The predicted molar refractivity (Wildman–Crippen MR) is 64.7 cm³/mol. The van der Waals surface area contributed by atoms with Crippen molar-refractivity contribution >= 4 is 5.97 Å². The molecule has 6 nitrogen and oxygen atoms in total. The molecule has 0 spiro atoms. The molecule has 0 radical (unpaired) electrons. The van der Waals surface area contributed by atoms with Crippen molar-refractivity contribution in [2.24, 2.45) is 5.41 Å². The van der Waals surface area contributed by atoms with E-state index in [0.29, 0.717) is 18.7 Å². The number of esters is 1. The van der Waals surface area contributed by atoms with Crippen LogP contribution in [0.1, 0.15) is 56.9 Å². The third-order valence-electron chi connectivity index (χ3n) is 3.49. The topological polar surface area (TPSA) is 89.0 Å². The highest BCUT2D eigenvalue weighted by Gasteiger charge is 2.42. The standard InChI is InChI=1S/C13H17N3O3/c1-9(11-16-15-10(2)19-11)18-12(17)13(8-14)6-4-3-5-7-13/h9H,3-7H2,1-2H3/t9-/m1/s1. The maximum atomic E-state index is 12.2. The third kappa shape index (κ3) is 2.75. The summed E-state index contributed by atoms with van der Waals surface area (Å²) in [6, 6.07) is 2.14. The minimum atomic E-state index is -0.998. The molecule has 19 heavy (non-hydrogen) atoms. The zero-order valence-corrected chi connectivity index (χ0v) is 11.2. The van der Waals surface area contributed by atoms with Crippen molar-refractivity contribution in [3.8, 4) is 6.07 Å². The highest BCUT2D eigenvalue weighted by atomic mass is 16.6. The zero-order valence-electron chi connectivity index (χ0n) is 11.2. The SMILES string of the molecule is Cc1nnc([C@@H](C)OC(=O)C2(C#N)CCCCC2)o1. The summed E-state index contributed by atoms with van der Waals surface area (Å²) in [6.45, 7) is 3.34. The molecule has 1 fully saturated rings. The van der Waals surface area contributed by atoms with E-state index in [2.05, 4.69) is 16.3 Å². The molecule has 2 rings (SSSR count). The molecule has 0 aromatic carbocycles. The molecule has 0 aliphatic heterocycles. The van der Waals surface area contributed by atoms with Gasteiger partial charge >= 0.3 is 5.97 Å². The number of nitriles is 1. The maximum Gasteiger partial charge on any atom is 0.327 e. The molecule has 1 atom stereocenters. The predicted octanol–water partition coefficient (Wildman–Crippen LogP) is 2.46. The lowest BCUT2D eigenvalue weighted by Gasteiger charge is -2.28. The van der Waals surface area contributed by atoms with Crippen LogP contribution < -0.4 is 0 Å². The fraction of sp³-hybridized carbons (Fsp3) is 0.692. The number of rotatable bonds is 3. The molecule has 1 saturated carbocycles. The molecule has 6 heteroatoms. The first kappa shape index (κ1) is 13.5. The largest absolute Gasteiger partial charge is 0.451 e. The van der Waals surface area contributed by atoms with Gasteiger partial charge in [0.05, 0.1) is 6.07 Å². The number of hydrogen-bond donors (Lipinski definition) is 0. The molecular weight excluding hydrogens is 246 g/mol. The van der Waals surface area contributed by atoms with Crippen LogP contribution in [0.5, 0.6) is 0 Å². The minimum Gasteiger partial charge on any atom is -0.451 e. The molecule has 0 N–H and O–H groups in total. The highest BCUT2D eigenvalue weighted by molar-refractivity contribution is 5.80. The monoisotopic (exact) mass is 263 g/mol. The van der Waals surface area contributed by atoms with Crippen molar-refractivity contribution in [2.45, 2.75) is 52.1 Å². The molecular formula is C13H17N3O3. The van der Waals surface area contributed by atoms with Crippen LogP contribution in [-0.4, -0.2) is 16.2 Å². The Balaban J connectivity index is 2.05. The summed E-state index contributed by atoms with van der Waals surface area (Å²) in [5.74, 6) is 0.207. The van der Waals surface area contributed by atoms with Crippen LogP contribution in [0, 0.1) is 23.7 Å².